The van der Waals surface area contributed by atoms with Crippen LogP contribution in [0.5, 0.6) is 0 Å². The van der Waals surface area contributed by atoms with E-state index in [1.807, 2.05) is 72.8 Å². The summed E-state index contributed by atoms with van der Waals surface area (Å²) < 4.78 is 8.57. The largest absolute Gasteiger partial charge is 0.438 e. The quantitative estimate of drug-likeness (QED) is 0.205. The van der Waals surface area contributed by atoms with Crippen molar-refractivity contribution in [3.63, 3.8) is 0 Å². The average Bonchev–Trinajstić information content (AvgIpc) is 3.41. The third-order valence-corrected chi connectivity index (χ3v) is 7.89. The van der Waals surface area contributed by atoms with Crippen LogP contribution in [0.15, 0.2) is 126 Å². The molecule has 0 unspecified atom stereocenters. The first-order chi connectivity index (χ1) is 21.1. The Hall–Kier alpha value is -5.75. The van der Waals surface area contributed by atoms with Gasteiger partial charge < -0.3 is 4.42 Å². The molecular formula is C37H26N5O+. The number of fused-ring (bicyclic) bond motifs is 4. The highest BCUT2D eigenvalue weighted by atomic mass is 16.3. The second-order valence-electron chi connectivity index (χ2n) is 10.8. The van der Waals surface area contributed by atoms with E-state index in [1.165, 1.54) is 16.3 Å². The summed E-state index contributed by atoms with van der Waals surface area (Å²) in [6.07, 6.45) is 2.17. The van der Waals surface area contributed by atoms with E-state index in [0.29, 0.717) is 28.9 Å². The van der Waals surface area contributed by atoms with Crippen molar-refractivity contribution in [3.05, 3.63) is 127 Å². The molecule has 0 aliphatic carbocycles. The molecule has 4 aromatic carbocycles. The van der Waals surface area contributed by atoms with Gasteiger partial charge in [-0.2, -0.15) is 0 Å². The van der Waals surface area contributed by atoms with E-state index < -0.39 is 0 Å². The molecule has 8 rings (SSSR count). The van der Waals surface area contributed by atoms with Crippen LogP contribution in [-0.4, -0.2) is 19.9 Å². The lowest BCUT2D eigenvalue weighted by molar-refractivity contribution is -0.659. The highest BCUT2D eigenvalue weighted by Gasteiger charge is 2.19. The van der Waals surface area contributed by atoms with Gasteiger partial charge in [-0.05, 0) is 48.2 Å². The molecule has 0 N–H and O–H groups in total. The highest BCUT2D eigenvalue weighted by Crippen LogP contribution is 2.35. The summed E-state index contributed by atoms with van der Waals surface area (Å²) in [4.78, 5) is 19.4. The molecule has 0 radical (unpaired) electrons. The van der Waals surface area contributed by atoms with Crippen LogP contribution in [0.3, 0.4) is 0 Å². The number of rotatable bonds is 4. The van der Waals surface area contributed by atoms with Gasteiger partial charge in [0.05, 0.1) is 5.56 Å². The topological polar surface area (TPSA) is 68.6 Å². The third kappa shape index (κ3) is 4.41. The Labute approximate surface area is 248 Å². The number of hydrogen-bond donors (Lipinski definition) is 0. The van der Waals surface area contributed by atoms with Crippen LogP contribution >= 0.6 is 0 Å². The van der Waals surface area contributed by atoms with Crippen molar-refractivity contribution in [2.24, 2.45) is 7.05 Å². The predicted molar refractivity (Wildman–Crippen MR) is 170 cm³/mol. The summed E-state index contributed by atoms with van der Waals surface area (Å²) >= 11 is 0. The van der Waals surface area contributed by atoms with Crippen molar-refractivity contribution in [3.8, 4) is 45.6 Å². The minimum Gasteiger partial charge on any atom is -0.438 e. The van der Waals surface area contributed by atoms with Crippen molar-refractivity contribution < 1.29 is 8.98 Å². The Morgan fingerprint density at radius 2 is 1.21 bits per heavy atom. The lowest BCUT2D eigenvalue weighted by Crippen LogP contribution is -2.30. The Balaban J connectivity index is 1.27. The van der Waals surface area contributed by atoms with E-state index in [0.717, 1.165) is 38.7 Å². The lowest BCUT2D eigenvalue weighted by atomic mass is 10.00. The van der Waals surface area contributed by atoms with Crippen molar-refractivity contribution in [2.45, 2.75) is 6.92 Å². The summed E-state index contributed by atoms with van der Waals surface area (Å²) in [7, 11) is 2.08. The smallest absolute Gasteiger partial charge is 0.227 e. The molecular weight excluding hydrogens is 530 g/mol. The number of aryl methyl sites for hydroxylation is 2. The van der Waals surface area contributed by atoms with E-state index in [2.05, 4.69) is 67.2 Å². The maximum atomic E-state index is 6.40. The Bertz CT molecular complexity index is 2250. The highest BCUT2D eigenvalue weighted by molar-refractivity contribution is 6.05. The van der Waals surface area contributed by atoms with Gasteiger partial charge in [0.15, 0.2) is 23.7 Å². The normalized spacial score (nSPS) is 11.5. The number of nitrogens with zero attached hydrogens (tertiary/aromatic N) is 5. The summed E-state index contributed by atoms with van der Waals surface area (Å²) in [5, 5.41) is 4.39. The maximum absolute atomic E-state index is 6.40. The van der Waals surface area contributed by atoms with E-state index in [1.54, 1.807) is 0 Å². The molecule has 0 amide bonds. The second-order valence-corrected chi connectivity index (χ2v) is 10.8. The molecule has 204 valence electrons. The summed E-state index contributed by atoms with van der Waals surface area (Å²) in [5.41, 5.74) is 7.21. The van der Waals surface area contributed by atoms with Gasteiger partial charge in [0.1, 0.15) is 18.3 Å². The molecule has 0 fully saturated rings. The number of hydrogen-bond acceptors (Lipinski definition) is 5. The fourth-order valence-electron chi connectivity index (χ4n) is 5.69. The van der Waals surface area contributed by atoms with Gasteiger partial charge in [-0.25, -0.2) is 24.5 Å². The van der Waals surface area contributed by atoms with Crippen molar-refractivity contribution >= 4 is 32.8 Å². The molecule has 0 saturated carbocycles. The zero-order valence-electron chi connectivity index (χ0n) is 23.7. The molecule has 6 nitrogen and oxygen atoms in total. The zero-order valence-corrected chi connectivity index (χ0v) is 23.7. The van der Waals surface area contributed by atoms with Gasteiger partial charge in [0.2, 0.25) is 11.4 Å². The predicted octanol–water partition coefficient (Wildman–Crippen LogP) is 8.12. The van der Waals surface area contributed by atoms with Crippen LogP contribution in [0, 0.1) is 6.92 Å². The first-order valence-corrected chi connectivity index (χ1v) is 14.2. The summed E-state index contributed by atoms with van der Waals surface area (Å²) in [6.45, 7) is 2.14. The minimum atomic E-state index is 0.495. The molecule has 8 aromatic rings. The van der Waals surface area contributed by atoms with Crippen molar-refractivity contribution in [1.82, 2.24) is 19.9 Å². The monoisotopic (exact) mass is 556 g/mol. The minimum absolute atomic E-state index is 0.495. The molecule has 6 heteroatoms. The maximum Gasteiger partial charge on any atom is 0.227 e. The number of furan rings is 1. The van der Waals surface area contributed by atoms with Crippen LogP contribution in [0.2, 0.25) is 0 Å². The molecule has 43 heavy (non-hydrogen) atoms. The van der Waals surface area contributed by atoms with Gasteiger partial charge in [-0.15, -0.1) is 0 Å². The fraction of sp³-hybridized carbons (Fsp3) is 0.0541. The fourth-order valence-corrected chi connectivity index (χ4v) is 5.69. The van der Waals surface area contributed by atoms with E-state index in [9.17, 15) is 0 Å². The average molecular weight is 557 g/mol. The van der Waals surface area contributed by atoms with Gasteiger partial charge >= 0.3 is 0 Å². The van der Waals surface area contributed by atoms with Crippen LogP contribution in [0.4, 0.5) is 0 Å². The van der Waals surface area contributed by atoms with Gasteiger partial charge in [0, 0.05) is 33.4 Å². The van der Waals surface area contributed by atoms with E-state index in [4.69, 9.17) is 24.4 Å². The number of pyridine rings is 2. The SMILES string of the molecule is Cc1cc2c(cc1-c1cc3ccccc3c[n+]1C)oc1nc(-c3nc(-c4ccccc4)nc(-c4ccccc4)n3)ccc12. The van der Waals surface area contributed by atoms with E-state index in [-0.39, 0.29) is 0 Å². The van der Waals surface area contributed by atoms with E-state index >= 15 is 0 Å². The summed E-state index contributed by atoms with van der Waals surface area (Å²) in [5.74, 6) is 1.69. The Kier molecular flexibility index (Phi) is 5.79. The molecule has 0 spiro atoms. The first-order valence-electron chi connectivity index (χ1n) is 14.2. The standard InChI is InChI=1S/C37H26N5O/c1-23-19-30-28-17-18-31(36-40-34(24-11-5-3-6-12-24)39-35(41-36)25-13-7-4-8-14-25)38-37(28)43-33(30)21-29(23)32-20-26-15-9-10-16-27(26)22-42(32)2/h3-22H,1-2H3/q+1. The molecule has 0 saturated heterocycles. The molecule has 0 bridgehead atoms. The number of aromatic nitrogens is 5. The lowest BCUT2D eigenvalue weighted by Gasteiger charge is -2.07. The first kappa shape index (κ1) is 25.0. The third-order valence-electron chi connectivity index (χ3n) is 7.89. The van der Waals surface area contributed by atoms with Crippen LogP contribution in [0.25, 0.3) is 78.4 Å². The Morgan fingerprint density at radius 1 is 0.581 bits per heavy atom. The molecule has 0 aliphatic heterocycles. The molecule has 4 heterocycles. The van der Waals surface area contributed by atoms with Crippen LogP contribution in [-0.2, 0) is 7.05 Å². The summed E-state index contributed by atoms with van der Waals surface area (Å²) in [6, 6.07) is 38.9. The van der Waals surface area contributed by atoms with Gasteiger partial charge in [-0.3, -0.25) is 0 Å². The molecule has 0 aliphatic rings. The van der Waals surface area contributed by atoms with Gasteiger partial charge in [-0.1, -0.05) is 78.9 Å². The molecule has 0 atom stereocenters. The zero-order chi connectivity index (χ0) is 28.9. The Morgan fingerprint density at radius 3 is 1.91 bits per heavy atom. The van der Waals surface area contributed by atoms with Crippen molar-refractivity contribution in [2.75, 3.05) is 0 Å². The van der Waals surface area contributed by atoms with Crippen LogP contribution < -0.4 is 4.57 Å². The van der Waals surface area contributed by atoms with Gasteiger partial charge in [0.25, 0.3) is 0 Å². The van der Waals surface area contributed by atoms with Crippen LogP contribution in [0.1, 0.15) is 5.56 Å². The number of benzene rings is 4. The van der Waals surface area contributed by atoms with Crippen molar-refractivity contribution in [1.29, 1.82) is 0 Å². The second kappa shape index (κ2) is 9.96. The molecule has 4 aromatic heterocycles.